The predicted molar refractivity (Wildman–Crippen MR) is 119 cm³/mol. The maximum Gasteiger partial charge on any atom is 0.247 e. The Labute approximate surface area is 179 Å². The first-order chi connectivity index (χ1) is 14.0. The molecule has 3 aromatic rings. The van der Waals surface area contributed by atoms with E-state index in [9.17, 15) is 4.79 Å². The molecule has 0 aliphatic rings. The highest BCUT2D eigenvalue weighted by Gasteiger charge is 2.25. The summed E-state index contributed by atoms with van der Waals surface area (Å²) in [5, 5.41) is 12.4. The molecule has 1 aromatic heterocycles. The van der Waals surface area contributed by atoms with E-state index in [-0.39, 0.29) is 11.9 Å². The first-order valence-corrected chi connectivity index (χ1v) is 10.8. The summed E-state index contributed by atoms with van der Waals surface area (Å²) in [5.74, 6) is 0.874. The molecule has 0 aliphatic heterocycles. The van der Waals surface area contributed by atoms with E-state index in [0.29, 0.717) is 22.3 Å². The standard InChI is InChI=1S/C21H24ClN5OS/c1-3-18(19(28)24-17-13-16(22)10-9-14(17)2)27-20(23)25-26-21(27)29-12-11-15-7-5-4-6-8-15/h4-10,13,18H,3,11-12H2,1-2H3,(H2,23,25)(H,24,28). The van der Waals surface area contributed by atoms with Crippen LogP contribution >= 0.6 is 23.4 Å². The van der Waals surface area contributed by atoms with E-state index in [4.69, 9.17) is 17.3 Å². The Morgan fingerprint density at radius 1 is 1.24 bits per heavy atom. The number of halogens is 1. The molecule has 0 fully saturated rings. The highest BCUT2D eigenvalue weighted by atomic mass is 35.5. The third kappa shape index (κ3) is 5.31. The van der Waals surface area contributed by atoms with Gasteiger partial charge in [-0.05, 0) is 43.0 Å². The van der Waals surface area contributed by atoms with Crippen molar-refractivity contribution < 1.29 is 4.79 Å². The third-order valence-electron chi connectivity index (χ3n) is 4.61. The number of benzene rings is 2. The monoisotopic (exact) mass is 429 g/mol. The fourth-order valence-corrected chi connectivity index (χ4v) is 4.17. The van der Waals surface area contributed by atoms with Gasteiger partial charge in [0, 0.05) is 16.5 Å². The van der Waals surface area contributed by atoms with Crippen molar-refractivity contribution in [3.63, 3.8) is 0 Å². The maximum absolute atomic E-state index is 13.0. The largest absolute Gasteiger partial charge is 0.368 e. The Bertz CT molecular complexity index is 976. The number of nitrogens with zero attached hydrogens (tertiary/aromatic N) is 3. The van der Waals surface area contributed by atoms with Crippen molar-refractivity contribution in [3.05, 3.63) is 64.7 Å². The van der Waals surface area contributed by atoms with Gasteiger partial charge in [-0.25, -0.2) is 0 Å². The molecule has 1 amide bonds. The van der Waals surface area contributed by atoms with Gasteiger partial charge >= 0.3 is 0 Å². The molecular formula is C21H24ClN5OS. The average Bonchev–Trinajstić information content (AvgIpc) is 3.07. The minimum atomic E-state index is -0.511. The van der Waals surface area contributed by atoms with Gasteiger partial charge in [0.2, 0.25) is 11.9 Å². The van der Waals surface area contributed by atoms with Crippen LogP contribution in [0.3, 0.4) is 0 Å². The molecule has 2 aromatic carbocycles. The summed E-state index contributed by atoms with van der Waals surface area (Å²) in [6, 6.07) is 15.1. The number of rotatable bonds is 8. The third-order valence-corrected chi connectivity index (χ3v) is 5.79. The highest BCUT2D eigenvalue weighted by Crippen LogP contribution is 2.28. The second kappa shape index (κ2) is 9.80. The fourth-order valence-electron chi connectivity index (χ4n) is 3.01. The van der Waals surface area contributed by atoms with Gasteiger partial charge in [0.05, 0.1) is 0 Å². The van der Waals surface area contributed by atoms with Crippen LogP contribution in [0.25, 0.3) is 0 Å². The Morgan fingerprint density at radius 2 is 2.00 bits per heavy atom. The summed E-state index contributed by atoms with van der Waals surface area (Å²) in [6.07, 6.45) is 1.45. The summed E-state index contributed by atoms with van der Waals surface area (Å²) in [5.41, 5.74) is 8.93. The van der Waals surface area contributed by atoms with Crippen LogP contribution in [0.4, 0.5) is 11.6 Å². The van der Waals surface area contributed by atoms with E-state index in [2.05, 4.69) is 27.6 Å². The van der Waals surface area contributed by atoms with Crippen molar-refractivity contribution in [1.29, 1.82) is 0 Å². The van der Waals surface area contributed by atoms with E-state index >= 15 is 0 Å². The number of aryl methyl sites for hydroxylation is 2. The molecule has 0 bridgehead atoms. The van der Waals surface area contributed by atoms with Crippen molar-refractivity contribution in [3.8, 4) is 0 Å². The molecule has 0 spiro atoms. The predicted octanol–water partition coefficient (Wildman–Crippen LogP) is 4.75. The topological polar surface area (TPSA) is 85.8 Å². The number of anilines is 2. The highest BCUT2D eigenvalue weighted by molar-refractivity contribution is 7.99. The molecule has 29 heavy (non-hydrogen) atoms. The minimum absolute atomic E-state index is 0.172. The van der Waals surface area contributed by atoms with Gasteiger partial charge in [0.25, 0.3) is 0 Å². The van der Waals surface area contributed by atoms with Crippen LogP contribution in [0.15, 0.2) is 53.7 Å². The number of hydrogen-bond acceptors (Lipinski definition) is 5. The molecule has 6 nitrogen and oxygen atoms in total. The fraction of sp³-hybridized carbons (Fsp3) is 0.286. The molecule has 1 atom stereocenters. The number of nitrogen functional groups attached to an aromatic ring is 1. The molecule has 3 N–H and O–H groups in total. The first kappa shape index (κ1) is 21.2. The average molecular weight is 430 g/mol. The zero-order valence-electron chi connectivity index (χ0n) is 16.4. The van der Waals surface area contributed by atoms with Gasteiger partial charge in [-0.2, -0.15) is 0 Å². The number of hydrogen-bond donors (Lipinski definition) is 2. The second-order valence-electron chi connectivity index (χ2n) is 6.67. The first-order valence-electron chi connectivity index (χ1n) is 9.43. The Balaban J connectivity index is 1.74. The quantitative estimate of drug-likeness (QED) is 0.505. The number of aromatic nitrogens is 3. The molecule has 0 saturated heterocycles. The van der Waals surface area contributed by atoms with Crippen molar-refractivity contribution in [2.24, 2.45) is 0 Å². The van der Waals surface area contributed by atoms with Gasteiger partial charge in [0.1, 0.15) is 6.04 Å². The summed E-state index contributed by atoms with van der Waals surface area (Å²) < 4.78 is 1.71. The molecular weight excluding hydrogens is 406 g/mol. The second-order valence-corrected chi connectivity index (χ2v) is 8.17. The number of carbonyl (C=O) groups excluding carboxylic acids is 1. The molecule has 0 radical (unpaired) electrons. The molecule has 0 aliphatic carbocycles. The van der Waals surface area contributed by atoms with Crippen molar-refractivity contribution in [1.82, 2.24) is 14.8 Å². The van der Waals surface area contributed by atoms with Crippen molar-refractivity contribution in [2.45, 2.75) is 37.9 Å². The molecule has 152 valence electrons. The van der Waals surface area contributed by atoms with E-state index < -0.39 is 6.04 Å². The Hall–Kier alpha value is -2.51. The van der Waals surface area contributed by atoms with Gasteiger partial charge in [-0.3, -0.25) is 9.36 Å². The van der Waals surface area contributed by atoms with Crippen LogP contribution < -0.4 is 11.1 Å². The lowest BCUT2D eigenvalue weighted by atomic mass is 10.1. The molecule has 8 heteroatoms. The van der Waals surface area contributed by atoms with E-state index in [1.807, 2.05) is 38.1 Å². The lowest BCUT2D eigenvalue weighted by molar-refractivity contribution is -0.119. The van der Waals surface area contributed by atoms with Gasteiger partial charge in [0.15, 0.2) is 5.16 Å². The summed E-state index contributed by atoms with van der Waals surface area (Å²) in [7, 11) is 0. The Kier molecular flexibility index (Phi) is 7.17. The molecule has 3 rings (SSSR count). The zero-order valence-corrected chi connectivity index (χ0v) is 18.0. The van der Waals surface area contributed by atoms with E-state index in [1.54, 1.807) is 28.5 Å². The van der Waals surface area contributed by atoms with Crippen LogP contribution in [0.1, 0.15) is 30.5 Å². The van der Waals surface area contributed by atoms with Crippen LogP contribution in [-0.4, -0.2) is 26.4 Å². The molecule has 0 saturated carbocycles. The number of carbonyl (C=O) groups is 1. The van der Waals surface area contributed by atoms with E-state index in [1.165, 1.54) is 5.56 Å². The summed E-state index contributed by atoms with van der Waals surface area (Å²) in [6.45, 7) is 3.86. The normalized spacial score (nSPS) is 12.0. The van der Waals surface area contributed by atoms with E-state index in [0.717, 1.165) is 17.7 Å². The Morgan fingerprint density at radius 3 is 2.72 bits per heavy atom. The smallest absolute Gasteiger partial charge is 0.247 e. The number of amides is 1. The SMILES string of the molecule is CCC(C(=O)Nc1cc(Cl)ccc1C)n1c(N)nnc1SCCc1ccccc1. The van der Waals surface area contributed by atoms with Crippen molar-refractivity contribution in [2.75, 3.05) is 16.8 Å². The van der Waals surface area contributed by atoms with Crippen LogP contribution in [-0.2, 0) is 11.2 Å². The minimum Gasteiger partial charge on any atom is -0.368 e. The zero-order chi connectivity index (χ0) is 20.8. The maximum atomic E-state index is 13.0. The summed E-state index contributed by atoms with van der Waals surface area (Å²) in [4.78, 5) is 13.0. The van der Waals surface area contributed by atoms with Crippen LogP contribution in [0, 0.1) is 6.92 Å². The molecule has 1 unspecified atom stereocenters. The van der Waals surface area contributed by atoms with Gasteiger partial charge in [-0.15, -0.1) is 10.2 Å². The number of thioether (sulfide) groups is 1. The number of nitrogens with one attached hydrogen (secondary N) is 1. The van der Waals surface area contributed by atoms with Gasteiger partial charge < -0.3 is 11.1 Å². The lowest BCUT2D eigenvalue weighted by Crippen LogP contribution is -2.27. The summed E-state index contributed by atoms with van der Waals surface area (Å²) >= 11 is 7.62. The van der Waals surface area contributed by atoms with Crippen LogP contribution in [0.5, 0.6) is 0 Å². The number of nitrogens with two attached hydrogens (primary N) is 1. The van der Waals surface area contributed by atoms with Crippen LogP contribution in [0.2, 0.25) is 5.02 Å². The van der Waals surface area contributed by atoms with Gasteiger partial charge in [-0.1, -0.05) is 66.7 Å². The van der Waals surface area contributed by atoms with Crippen molar-refractivity contribution >= 4 is 40.9 Å². The molecule has 1 heterocycles. The lowest BCUT2D eigenvalue weighted by Gasteiger charge is -2.20.